The molecule has 0 unspecified atom stereocenters. The SMILES string of the molecule is CCCCCCCCCC[N+](C)(C)CCCCCCCCCC.CCCCCCCCCC[N+](C)(C)CCCCCCCCCC.O=C([O-])[O-]. The second-order valence-electron chi connectivity index (χ2n) is 16.9. The second-order valence-corrected chi connectivity index (χ2v) is 16.9. The lowest BCUT2D eigenvalue weighted by molar-refractivity contribution is -0.890. The van der Waals surface area contributed by atoms with Crippen LogP contribution in [0.4, 0.5) is 4.79 Å². The largest absolute Gasteiger partial charge is 0.652 e. The van der Waals surface area contributed by atoms with Crippen LogP contribution in [-0.4, -0.2) is 69.5 Å². The van der Waals surface area contributed by atoms with Gasteiger partial charge < -0.3 is 24.0 Å². The fourth-order valence-corrected chi connectivity index (χ4v) is 6.92. The fourth-order valence-electron chi connectivity index (χ4n) is 6.92. The summed E-state index contributed by atoms with van der Waals surface area (Å²) in [6, 6.07) is 0. The van der Waals surface area contributed by atoms with E-state index < -0.39 is 6.16 Å². The molecule has 0 heterocycles. The Kier molecular flexibility index (Phi) is 45.6. The third kappa shape index (κ3) is 54.0. The van der Waals surface area contributed by atoms with Gasteiger partial charge in [-0.25, -0.2) is 0 Å². The van der Waals surface area contributed by atoms with Crippen LogP contribution in [0.1, 0.15) is 233 Å². The van der Waals surface area contributed by atoms with Gasteiger partial charge >= 0.3 is 0 Å². The minimum atomic E-state index is -2.33. The summed E-state index contributed by atoms with van der Waals surface area (Å²) in [5, 5.41) is 16.7. The van der Waals surface area contributed by atoms with E-state index in [1.165, 1.54) is 241 Å². The van der Waals surface area contributed by atoms with Crippen molar-refractivity contribution in [1.82, 2.24) is 0 Å². The van der Waals surface area contributed by atoms with Gasteiger partial charge in [-0.05, 0) is 57.5 Å². The first-order valence-electron chi connectivity index (χ1n) is 22.5. The van der Waals surface area contributed by atoms with Gasteiger partial charge in [-0.15, -0.1) is 0 Å². The van der Waals surface area contributed by atoms with Crippen molar-refractivity contribution in [3.05, 3.63) is 0 Å². The Morgan fingerprint density at radius 3 is 0.560 bits per heavy atom. The summed E-state index contributed by atoms with van der Waals surface area (Å²) in [6.45, 7) is 14.7. The molecule has 0 saturated carbocycles. The summed E-state index contributed by atoms with van der Waals surface area (Å²) in [4.78, 5) is 8.33. The molecule has 0 aromatic heterocycles. The summed E-state index contributed by atoms with van der Waals surface area (Å²) in [5.41, 5.74) is 0. The van der Waals surface area contributed by atoms with Crippen molar-refractivity contribution >= 4 is 6.16 Å². The zero-order valence-electron chi connectivity index (χ0n) is 36.1. The lowest BCUT2D eigenvalue weighted by Gasteiger charge is -2.30. The van der Waals surface area contributed by atoms with Crippen molar-refractivity contribution in [2.24, 2.45) is 0 Å². The van der Waals surface area contributed by atoms with Crippen LogP contribution < -0.4 is 10.2 Å². The first-order valence-corrected chi connectivity index (χ1v) is 22.5. The summed E-state index contributed by atoms with van der Waals surface area (Å²) >= 11 is 0. The lowest BCUT2D eigenvalue weighted by atomic mass is 10.1. The van der Waals surface area contributed by atoms with E-state index in [9.17, 15) is 0 Å². The predicted octanol–water partition coefficient (Wildman–Crippen LogP) is 12.2. The molecule has 0 aliphatic heterocycles. The van der Waals surface area contributed by atoms with Gasteiger partial charge in [0.15, 0.2) is 0 Å². The molecule has 0 fully saturated rings. The van der Waals surface area contributed by atoms with Gasteiger partial charge in [0.25, 0.3) is 0 Å². The van der Waals surface area contributed by atoms with E-state index in [2.05, 4.69) is 55.9 Å². The van der Waals surface area contributed by atoms with Crippen molar-refractivity contribution in [1.29, 1.82) is 0 Å². The smallest absolute Gasteiger partial charge is 0.0782 e. The highest BCUT2D eigenvalue weighted by molar-refractivity contribution is 5.47. The number of quaternary nitrogens is 2. The van der Waals surface area contributed by atoms with Gasteiger partial charge in [0.1, 0.15) is 0 Å². The number of carbonyl (C=O) groups excluding carboxylic acids is 1. The molecule has 0 radical (unpaired) electrons. The van der Waals surface area contributed by atoms with E-state index in [1.54, 1.807) is 0 Å². The zero-order valence-corrected chi connectivity index (χ0v) is 36.1. The molecular formula is C45H96N2O3. The van der Waals surface area contributed by atoms with Gasteiger partial charge in [0.05, 0.1) is 54.4 Å². The maximum Gasteiger partial charge on any atom is 0.0782 e. The van der Waals surface area contributed by atoms with E-state index in [0.717, 1.165) is 0 Å². The number of nitrogens with zero attached hydrogens (tertiary/aromatic N) is 2. The third-order valence-corrected chi connectivity index (χ3v) is 10.5. The molecule has 0 spiro atoms. The van der Waals surface area contributed by atoms with Crippen LogP contribution in [0, 0.1) is 0 Å². The van der Waals surface area contributed by atoms with Crippen LogP contribution in [0.15, 0.2) is 0 Å². The van der Waals surface area contributed by atoms with Gasteiger partial charge in [0, 0.05) is 0 Å². The molecule has 0 saturated heterocycles. The molecule has 0 aromatic carbocycles. The quantitative estimate of drug-likeness (QED) is 0.0480. The maximum absolute atomic E-state index is 8.33. The van der Waals surface area contributed by atoms with Gasteiger partial charge in [0.2, 0.25) is 0 Å². The van der Waals surface area contributed by atoms with E-state index in [4.69, 9.17) is 15.0 Å². The Labute approximate surface area is 316 Å². The molecule has 0 N–H and O–H groups in total. The Balaban J connectivity index is -0.000000797. The standard InChI is InChI=1S/2C22H48N.CH2O3/c2*1-5-7-9-11-13-15-17-19-21-23(3,4)22-20-18-16-14-12-10-8-6-2;2-1(3)4/h2*5-22H2,1-4H3;(H2,2,3,4)/q2*+1;/p-2. The number of carboxylic acid groups (broad SMARTS) is 2. The Morgan fingerprint density at radius 1 is 0.300 bits per heavy atom. The first-order chi connectivity index (χ1) is 24.0. The summed E-state index contributed by atoms with van der Waals surface area (Å²) < 4.78 is 2.48. The Hall–Kier alpha value is -0.810. The maximum atomic E-state index is 8.33. The van der Waals surface area contributed by atoms with Crippen LogP contribution in [0.25, 0.3) is 0 Å². The molecule has 5 heteroatoms. The Morgan fingerprint density at radius 2 is 0.420 bits per heavy atom. The van der Waals surface area contributed by atoms with Crippen molar-refractivity contribution in [2.75, 3.05) is 54.4 Å². The first kappa shape index (κ1) is 53.5. The topological polar surface area (TPSA) is 63.2 Å². The van der Waals surface area contributed by atoms with Crippen molar-refractivity contribution in [3.63, 3.8) is 0 Å². The van der Waals surface area contributed by atoms with Crippen LogP contribution in [-0.2, 0) is 0 Å². The third-order valence-electron chi connectivity index (χ3n) is 10.5. The van der Waals surface area contributed by atoms with Crippen molar-refractivity contribution < 1.29 is 24.0 Å². The molecule has 0 rings (SSSR count). The van der Waals surface area contributed by atoms with Gasteiger partial charge in [-0.3, -0.25) is 0 Å². The normalized spacial score (nSPS) is 11.5. The lowest BCUT2D eigenvalue weighted by Crippen LogP contribution is -2.41. The number of hydrogen-bond donors (Lipinski definition) is 0. The number of rotatable bonds is 36. The average Bonchev–Trinajstić information content (AvgIpc) is 3.06. The Bertz CT molecular complexity index is 542. The van der Waals surface area contributed by atoms with Gasteiger partial charge in [-0.1, -0.05) is 182 Å². The summed E-state index contributed by atoms with van der Waals surface area (Å²) in [6.07, 6.45) is 43.7. The van der Waals surface area contributed by atoms with Gasteiger partial charge in [-0.2, -0.15) is 0 Å². The minimum Gasteiger partial charge on any atom is -0.652 e. The highest BCUT2D eigenvalue weighted by atomic mass is 16.6. The molecule has 0 aromatic rings. The number of carbonyl (C=O) groups is 1. The molecule has 5 nitrogen and oxygen atoms in total. The summed E-state index contributed by atoms with van der Waals surface area (Å²) in [5.74, 6) is 0. The number of hydrogen-bond acceptors (Lipinski definition) is 3. The second kappa shape index (κ2) is 42.6. The minimum absolute atomic E-state index is 1.24. The van der Waals surface area contributed by atoms with E-state index in [0.29, 0.717) is 0 Å². The molecule has 0 bridgehead atoms. The monoisotopic (exact) mass is 713 g/mol. The van der Waals surface area contributed by atoms with Crippen molar-refractivity contribution in [2.45, 2.75) is 233 Å². The van der Waals surface area contributed by atoms with Crippen LogP contribution in [0.2, 0.25) is 0 Å². The van der Waals surface area contributed by atoms with Crippen LogP contribution >= 0.6 is 0 Å². The van der Waals surface area contributed by atoms with Crippen LogP contribution in [0.3, 0.4) is 0 Å². The molecule has 0 amide bonds. The molecule has 50 heavy (non-hydrogen) atoms. The molecular weight excluding hydrogens is 617 g/mol. The zero-order chi connectivity index (χ0) is 38.0. The summed E-state index contributed by atoms with van der Waals surface area (Å²) in [7, 11) is 9.73. The molecule has 0 aliphatic rings. The average molecular weight is 713 g/mol. The van der Waals surface area contributed by atoms with E-state index in [1.807, 2.05) is 0 Å². The molecule has 0 aliphatic carbocycles. The van der Waals surface area contributed by atoms with E-state index >= 15 is 0 Å². The van der Waals surface area contributed by atoms with Crippen molar-refractivity contribution in [3.8, 4) is 0 Å². The molecule has 304 valence electrons. The predicted molar refractivity (Wildman–Crippen MR) is 220 cm³/mol. The fraction of sp³-hybridized carbons (Fsp3) is 0.978. The number of unbranched alkanes of at least 4 members (excludes halogenated alkanes) is 28. The van der Waals surface area contributed by atoms with Crippen LogP contribution in [0.5, 0.6) is 0 Å². The molecule has 0 atom stereocenters. The highest BCUT2D eigenvalue weighted by Crippen LogP contribution is 2.15. The van der Waals surface area contributed by atoms with E-state index in [-0.39, 0.29) is 0 Å². The highest BCUT2D eigenvalue weighted by Gasteiger charge is 2.14.